The van der Waals surface area contributed by atoms with Crippen molar-refractivity contribution < 1.29 is 19.0 Å². The third kappa shape index (κ3) is 4.60. The van der Waals surface area contributed by atoms with Crippen LogP contribution in [0.15, 0.2) is 42.5 Å². The van der Waals surface area contributed by atoms with E-state index in [1.165, 1.54) is 0 Å². The lowest BCUT2D eigenvalue weighted by atomic mass is 10.2. The molecule has 1 heterocycles. The van der Waals surface area contributed by atoms with E-state index in [0.29, 0.717) is 24.7 Å². The number of nitrogens with one attached hydrogen (secondary N) is 1. The minimum absolute atomic E-state index is 0.0864. The normalized spacial score (nSPS) is 16.1. The molecule has 0 spiro atoms. The van der Waals surface area contributed by atoms with Crippen LogP contribution in [-0.4, -0.2) is 44.1 Å². The summed E-state index contributed by atoms with van der Waals surface area (Å²) < 4.78 is 16.2. The fourth-order valence-corrected chi connectivity index (χ4v) is 4.16. The maximum absolute atomic E-state index is 12.8. The molecule has 27 heavy (non-hydrogen) atoms. The first-order chi connectivity index (χ1) is 13.1. The van der Waals surface area contributed by atoms with Crippen LogP contribution >= 0.6 is 11.8 Å². The van der Waals surface area contributed by atoms with E-state index in [-0.39, 0.29) is 11.4 Å². The summed E-state index contributed by atoms with van der Waals surface area (Å²) in [5.74, 6) is 3.09. The summed E-state index contributed by atoms with van der Waals surface area (Å²) in [6.07, 6.45) is 0. The maximum atomic E-state index is 12.8. The summed E-state index contributed by atoms with van der Waals surface area (Å²) in [5, 5.41) is 2.88. The van der Waals surface area contributed by atoms with Gasteiger partial charge in [0.15, 0.2) is 0 Å². The Morgan fingerprint density at radius 3 is 2.37 bits per heavy atom. The number of amides is 2. The van der Waals surface area contributed by atoms with Crippen LogP contribution in [0.1, 0.15) is 17.9 Å². The lowest BCUT2D eigenvalue weighted by Crippen LogP contribution is -2.34. The van der Waals surface area contributed by atoms with E-state index in [4.69, 9.17) is 14.2 Å². The lowest BCUT2D eigenvalue weighted by molar-refractivity contribution is 0.214. The van der Waals surface area contributed by atoms with Gasteiger partial charge in [-0.15, -0.1) is 11.8 Å². The van der Waals surface area contributed by atoms with Crippen LogP contribution in [0.25, 0.3) is 0 Å². The molecule has 1 atom stereocenters. The molecule has 6 nitrogen and oxygen atoms in total. The zero-order valence-corrected chi connectivity index (χ0v) is 16.5. The molecule has 1 aliphatic rings. The van der Waals surface area contributed by atoms with Crippen molar-refractivity contribution in [2.75, 3.05) is 38.4 Å². The zero-order valence-electron chi connectivity index (χ0n) is 15.7. The third-order valence-corrected chi connectivity index (χ3v) is 5.49. The molecule has 0 unspecified atom stereocenters. The molecular weight excluding hydrogens is 364 g/mol. The van der Waals surface area contributed by atoms with Crippen molar-refractivity contribution in [3.8, 4) is 17.2 Å². The quantitative estimate of drug-likeness (QED) is 0.796. The van der Waals surface area contributed by atoms with Gasteiger partial charge in [0.2, 0.25) is 0 Å². The van der Waals surface area contributed by atoms with Gasteiger partial charge in [-0.05, 0) is 48.9 Å². The highest BCUT2D eigenvalue weighted by molar-refractivity contribution is 7.99. The Labute approximate surface area is 163 Å². The number of urea groups is 1. The van der Waals surface area contributed by atoms with Crippen molar-refractivity contribution in [3.63, 3.8) is 0 Å². The molecule has 3 rings (SSSR count). The Morgan fingerprint density at radius 2 is 1.78 bits per heavy atom. The molecule has 0 radical (unpaired) electrons. The van der Waals surface area contributed by atoms with Gasteiger partial charge in [0.25, 0.3) is 0 Å². The second-order valence-corrected chi connectivity index (χ2v) is 7.14. The first-order valence-corrected chi connectivity index (χ1v) is 9.84. The van der Waals surface area contributed by atoms with Gasteiger partial charge in [0.1, 0.15) is 22.6 Å². The van der Waals surface area contributed by atoms with Gasteiger partial charge in [0, 0.05) is 24.1 Å². The van der Waals surface area contributed by atoms with Gasteiger partial charge in [0.05, 0.1) is 20.8 Å². The van der Waals surface area contributed by atoms with E-state index in [1.807, 2.05) is 54.3 Å². The smallest absolute Gasteiger partial charge is 0.323 e. The molecule has 0 saturated carbocycles. The van der Waals surface area contributed by atoms with Crippen molar-refractivity contribution in [2.24, 2.45) is 0 Å². The molecule has 1 aliphatic heterocycles. The van der Waals surface area contributed by atoms with Gasteiger partial charge in [-0.1, -0.05) is 0 Å². The number of thioether (sulfide) groups is 1. The second kappa shape index (κ2) is 8.90. The van der Waals surface area contributed by atoms with Crippen molar-refractivity contribution in [2.45, 2.75) is 12.3 Å². The van der Waals surface area contributed by atoms with E-state index < -0.39 is 0 Å². The van der Waals surface area contributed by atoms with Crippen molar-refractivity contribution in [1.82, 2.24) is 4.90 Å². The Hall–Kier alpha value is -2.54. The molecule has 2 aromatic carbocycles. The van der Waals surface area contributed by atoms with Crippen molar-refractivity contribution in [1.29, 1.82) is 0 Å². The molecule has 2 aromatic rings. The fraction of sp³-hybridized carbons (Fsp3) is 0.350. The van der Waals surface area contributed by atoms with Crippen LogP contribution in [0, 0.1) is 0 Å². The maximum Gasteiger partial charge on any atom is 0.323 e. The van der Waals surface area contributed by atoms with E-state index in [1.54, 1.807) is 26.0 Å². The molecule has 0 bridgehead atoms. The van der Waals surface area contributed by atoms with Gasteiger partial charge in [-0.25, -0.2) is 4.79 Å². The van der Waals surface area contributed by atoms with Crippen molar-refractivity contribution >= 4 is 23.5 Å². The number of anilines is 1. The number of benzene rings is 2. The molecule has 144 valence electrons. The highest BCUT2D eigenvalue weighted by atomic mass is 32.2. The SMILES string of the molecule is CCOc1ccc(NC(=O)N2CCS[C@@H]2c2cc(OC)cc(OC)c2)cc1. The number of rotatable bonds is 6. The van der Waals surface area contributed by atoms with Gasteiger partial charge in [-0.2, -0.15) is 0 Å². The monoisotopic (exact) mass is 388 g/mol. The van der Waals surface area contributed by atoms with E-state index >= 15 is 0 Å². The lowest BCUT2D eigenvalue weighted by Gasteiger charge is -2.25. The third-order valence-electron chi connectivity index (χ3n) is 4.23. The van der Waals surface area contributed by atoms with Crippen LogP contribution in [0.4, 0.5) is 10.5 Å². The summed E-state index contributed by atoms with van der Waals surface area (Å²) in [5.41, 5.74) is 1.72. The summed E-state index contributed by atoms with van der Waals surface area (Å²) >= 11 is 1.72. The van der Waals surface area contributed by atoms with Crippen molar-refractivity contribution in [3.05, 3.63) is 48.0 Å². The topological polar surface area (TPSA) is 60.0 Å². The Balaban J connectivity index is 1.74. The molecule has 1 fully saturated rings. The number of hydrogen-bond acceptors (Lipinski definition) is 5. The zero-order chi connectivity index (χ0) is 19.2. The summed E-state index contributed by atoms with van der Waals surface area (Å²) in [4.78, 5) is 14.7. The largest absolute Gasteiger partial charge is 0.497 e. The number of ether oxygens (including phenoxy) is 3. The summed E-state index contributed by atoms with van der Waals surface area (Å²) in [6.45, 7) is 3.23. The molecular formula is C20H24N2O4S. The van der Waals surface area contributed by atoms with E-state index in [9.17, 15) is 4.79 Å². The Morgan fingerprint density at radius 1 is 1.11 bits per heavy atom. The highest BCUT2D eigenvalue weighted by Crippen LogP contribution is 2.40. The average Bonchev–Trinajstić information content (AvgIpc) is 3.19. The van der Waals surface area contributed by atoms with Crippen LogP contribution in [0.5, 0.6) is 17.2 Å². The van der Waals surface area contributed by atoms with Gasteiger partial charge >= 0.3 is 6.03 Å². The van der Waals surface area contributed by atoms with Crippen LogP contribution < -0.4 is 19.5 Å². The minimum Gasteiger partial charge on any atom is -0.497 e. The fourth-order valence-electron chi connectivity index (χ4n) is 2.92. The average molecular weight is 388 g/mol. The van der Waals surface area contributed by atoms with E-state index in [0.717, 1.165) is 22.8 Å². The summed E-state index contributed by atoms with van der Waals surface area (Å²) in [6, 6.07) is 13.0. The van der Waals surface area contributed by atoms with Crippen LogP contribution in [0.3, 0.4) is 0 Å². The first-order valence-electron chi connectivity index (χ1n) is 8.79. The van der Waals surface area contributed by atoms with Crippen LogP contribution in [-0.2, 0) is 0 Å². The van der Waals surface area contributed by atoms with Gasteiger partial charge in [-0.3, -0.25) is 0 Å². The Bertz CT molecular complexity index is 760. The molecule has 1 N–H and O–H groups in total. The number of nitrogens with zero attached hydrogens (tertiary/aromatic N) is 1. The second-order valence-electron chi connectivity index (χ2n) is 5.95. The number of hydrogen-bond donors (Lipinski definition) is 1. The van der Waals surface area contributed by atoms with Gasteiger partial charge < -0.3 is 24.4 Å². The highest BCUT2D eigenvalue weighted by Gasteiger charge is 2.31. The van der Waals surface area contributed by atoms with E-state index in [2.05, 4.69) is 5.32 Å². The number of methoxy groups -OCH3 is 2. The molecule has 0 aromatic heterocycles. The molecule has 0 aliphatic carbocycles. The Kier molecular flexibility index (Phi) is 6.34. The molecule has 2 amide bonds. The molecule has 7 heteroatoms. The summed E-state index contributed by atoms with van der Waals surface area (Å²) in [7, 11) is 3.24. The minimum atomic E-state index is -0.129. The molecule has 1 saturated heterocycles. The predicted molar refractivity (Wildman–Crippen MR) is 108 cm³/mol. The number of carbonyl (C=O) groups is 1. The number of carbonyl (C=O) groups excluding carboxylic acids is 1. The first kappa shape index (κ1) is 19.2. The standard InChI is InChI=1S/C20H24N2O4S/c1-4-26-16-7-5-15(6-8-16)21-20(23)22-9-10-27-19(22)14-11-17(24-2)13-18(12-14)25-3/h5-8,11-13,19H,4,9-10H2,1-3H3,(H,21,23)/t19-/m1/s1. The van der Waals surface area contributed by atoms with Crippen LogP contribution in [0.2, 0.25) is 0 Å². The predicted octanol–water partition coefficient (Wildman–Crippen LogP) is 4.38.